The average molecular weight is 265 g/mol. The van der Waals surface area contributed by atoms with Gasteiger partial charge in [-0.05, 0) is 13.3 Å². The standard InChI is InChI=1S/C11H18F3N3O/c1-8-6-15-3-5-17(8)9-2-4-16(10(9)18)7-11(12,13)14/h8-9,15H,2-7H2,1H3/t8-,9?/m0/s1. The number of nitrogens with zero attached hydrogens (tertiary/aromatic N) is 2. The van der Waals surface area contributed by atoms with Crippen molar-refractivity contribution in [2.75, 3.05) is 32.7 Å². The van der Waals surface area contributed by atoms with E-state index in [0.717, 1.165) is 24.5 Å². The molecule has 1 N–H and O–H groups in total. The second kappa shape index (κ2) is 5.05. The van der Waals surface area contributed by atoms with Crippen LogP contribution in [0.15, 0.2) is 0 Å². The Labute approximate surface area is 104 Å². The summed E-state index contributed by atoms with van der Waals surface area (Å²) in [6.45, 7) is 3.36. The Balaban J connectivity index is 1.98. The van der Waals surface area contributed by atoms with Gasteiger partial charge in [-0.15, -0.1) is 0 Å². The molecule has 2 aliphatic heterocycles. The molecule has 2 heterocycles. The number of hydrogen-bond donors (Lipinski definition) is 1. The second-order valence-electron chi connectivity index (χ2n) is 4.97. The van der Waals surface area contributed by atoms with Gasteiger partial charge in [-0.2, -0.15) is 13.2 Å². The quantitative estimate of drug-likeness (QED) is 0.787. The molecule has 0 aromatic heterocycles. The minimum absolute atomic E-state index is 0.193. The molecule has 2 aliphatic rings. The molecule has 1 unspecified atom stereocenters. The van der Waals surface area contributed by atoms with Crippen LogP contribution >= 0.6 is 0 Å². The Bertz CT molecular complexity index is 321. The molecule has 0 aromatic rings. The number of likely N-dealkylation sites (tertiary alicyclic amines) is 1. The molecule has 7 heteroatoms. The first kappa shape index (κ1) is 13.6. The number of halogens is 3. The Morgan fingerprint density at radius 1 is 1.39 bits per heavy atom. The SMILES string of the molecule is C[C@H]1CNCCN1C1CCN(CC(F)(F)F)C1=O. The predicted octanol–water partition coefficient (Wildman–Crippen LogP) is 0.443. The minimum Gasteiger partial charge on any atom is -0.332 e. The van der Waals surface area contributed by atoms with Crippen LogP contribution < -0.4 is 5.32 Å². The van der Waals surface area contributed by atoms with Crippen LogP contribution in [0.1, 0.15) is 13.3 Å². The van der Waals surface area contributed by atoms with Crippen molar-refractivity contribution in [1.29, 1.82) is 0 Å². The van der Waals surface area contributed by atoms with Gasteiger partial charge in [0.25, 0.3) is 0 Å². The fourth-order valence-electron chi connectivity index (χ4n) is 2.72. The highest BCUT2D eigenvalue weighted by Crippen LogP contribution is 2.24. The zero-order valence-corrected chi connectivity index (χ0v) is 10.3. The summed E-state index contributed by atoms with van der Waals surface area (Å²) < 4.78 is 36.9. The van der Waals surface area contributed by atoms with Crippen molar-refractivity contribution in [3.8, 4) is 0 Å². The predicted molar refractivity (Wildman–Crippen MR) is 60.1 cm³/mol. The Kier molecular flexibility index (Phi) is 3.82. The highest BCUT2D eigenvalue weighted by molar-refractivity contribution is 5.84. The van der Waals surface area contributed by atoms with E-state index in [1.54, 1.807) is 0 Å². The molecule has 1 amide bonds. The van der Waals surface area contributed by atoms with Crippen LogP contribution in [-0.2, 0) is 4.79 Å². The van der Waals surface area contributed by atoms with Crippen molar-refractivity contribution >= 4 is 5.91 Å². The van der Waals surface area contributed by atoms with Crippen molar-refractivity contribution in [3.05, 3.63) is 0 Å². The van der Waals surface area contributed by atoms with E-state index in [2.05, 4.69) is 5.32 Å². The van der Waals surface area contributed by atoms with Gasteiger partial charge in [-0.25, -0.2) is 0 Å². The molecular weight excluding hydrogens is 247 g/mol. The summed E-state index contributed by atoms with van der Waals surface area (Å²) in [6, 6.07) is -0.178. The van der Waals surface area contributed by atoms with Crippen LogP contribution in [0.3, 0.4) is 0 Å². The molecule has 2 rings (SSSR count). The number of piperazine rings is 1. The lowest BCUT2D eigenvalue weighted by atomic mass is 10.1. The highest BCUT2D eigenvalue weighted by Gasteiger charge is 2.42. The third-order valence-electron chi connectivity index (χ3n) is 3.59. The Morgan fingerprint density at radius 3 is 2.72 bits per heavy atom. The maximum atomic E-state index is 12.3. The molecule has 0 radical (unpaired) electrons. The summed E-state index contributed by atoms with van der Waals surface area (Å²) in [4.78, 5) is 14.9. The van der Waals surface area contributed by atoms with E-state index in [4.69, 9.17) is 0 Å². The lowest BCUT2D eigenvalue weighted by molar-refractivity contribution is -0.159. The van der Waals surface area contributed by atoms with E-state index in [9.17, 15) is 18.0 Å². The van der Waals surface area contributed by atoms with Gasteiger partial charge in [0.1, 0.15) is 6.54 Å². The Hall–Kier alpha value is -0.820. The van der Waals surface area contributed by atoms with Gasteiger partial charge < -0.3 is 10.2 Å². The summed E-state index contributed by atoms with van der Waals surface area (Å²) >= 11 is 0. The van der Waals surface area contributed by atoms with Gasteiger partial charge in [-0.3, -0.25) is 9.69 Å². The van der Waals surface area contributed by atoms with E-state index in [-0.39, 0.29) is 24.5 Å². The largest absolute Gasteiger partial charge is 0.406 e. The lowest BCUT2D eigenvalue weighted by Gasteiger charge is -2.37. The number of hydrogen-bond acceptors (Lipinski definition) is 3. The topological polar surface area (TPSA) is 35.6 Å². The first-order chi connectivity index (χ1) is 8.38. The maximum Gasteiger partial charge on any atom is 0.406 e. The number of nitrogens with one attached hydrogen (secondary N) is 1. The number of carbonyl (C=O) groups excluding carboxylic acids is 1. The van der Waals surface area contributed by atoms with Gasteiger partial charge in [0.15, 0.2) is 0 Å². The summed E-state index contributed by atoms with van der Waals surface area (Å²) in [5.41, 5.74) is 0. The van der Waals surface area contributed by atoms with Gasteiger partial charge >= 0.3 is 6.18 Å². The fraction of sp³-hybridized carbons (Fsp3) is 0.909. The van der Waals surface area contributed by atoms with Crippen LogP contribution in [0.25, 0.3) is 0 Å². The molecule has 0 aromatic carbocycles. The van der Waals surface area contributed by atoms with E-state index in [1.165, 1.54) is 0 Å². The molecule has 2 fully saturated rings. The van der Waals surface area contributed by atoms with Crippen molar-refractivity contribution in [1.82, 2.24) is 15.1 Å². The van der Waals surface area contributed by atoms with E-state index in [0.29, 0.717) is 6.42 Å². The number of rotatable bonds is 2. The van der Waals surface area contributed by atoms with Gasteiger partial charge in [0.05, 0.1) is 6.04 Å². The van der Waals surface area contributed by atoms with Crippen LogP contribution in [0.4, 0.5) is 13.2 Å². The van der Waals surface area contributed by atoms with Gasteiger partial charge in [-0.1, -0.05) is 0 Å². The van der Waals surface area contributed by atoms with Gasteiger partial charge in [0, 0.05) is 32.2 Å². The van der Waals surface area contributed by atoms with E-state index in [1.807, 2.05) is 11.8 Å². The fourth-order valence-corrected chi connectivity index (χ4v) is 2.72. The van der Waals surface area contributed by atoms with Crippen LogP contribution in [0.5, 0.6) is 0 Å². The van der Waals surface area contributed by atoms with Gasteiger partial charge in [0.2, 0.25) is 5.91 Å². The second-order valence-corrected chi connectivity index (χ2v) is 4.97. The number of alkyl halides is 3. The first-order valence-corrected chi connectivity index (χ1v) is 6.20. The molecule has 0 bridgehead atoms. The molecule has 0 spiro atoms. The third-order valence-corrected chi connectivity index (χ3v) is 3.59. The molecule has 104 valence electrons. The zero-order chi connectivity index (χ0) is 13.3. The van der Waals surface area contributed by atoms with Crippen molar-refractivity contribution < 1.29 is 18.0 Å². The molecule has 0 aliphatic carbocycles. The number of amides is 1. The van der Waals surface area contributed by atoms with Crippen molar-refractivity contribution in [3.63, 3.8) is 0 Å². The van der Waals surface area contributed by atoms with Crippen LogP contribution in [-0.4, -0.2) is 66.7 Å². The summed E-state index contributed by atoms with van der Waals surface area (Å²) in [5.74, 6) is -0.374. The summed E-state index contributed by atoms with van der Waals surface area (Å²) in [7, 11) is 0. The Morgan fingerprint density at radius 2 is 2.11 bits per heavy atom. The number of carbonyl (C=O) groups is 1. The monoisotopic (exact) mass is 265 g/mol. The molecule has 18 heavy (non-hydrogen) atoms. The highest BCUT2D eigenvalue weighted by atomic mass is 19.4. The summed E-state index contributed by atoms with van der Waals surface area (Å²) in [6.07, 6.45) is -3.81. The van der Waals surface area contributed by atoms with Crippen molar-refractivity contribution in [2.24, 2.45) is 0 Å². The van der Waals surface area contributed by atoms with E-state index < -0.39 is 12.7 Å². The van der Waals surface area contributed by atoms with Crippen LogP contribution in [0.2, 0.25) is 0 Å². The zero-order valence-electron chi connectivity index (χ0n) is 10.3. The molecule has 2 saturated heterocycles. The minimum atomic E-state index is -4.31. The molecule has 0 saturated carbocycles. The van der Waals surface area contributed by atoms with Crippen molar-refractivity contribution in [2.45, 2.75) is 31.6 Å². The maximum absolute atomic E-state index is 12.3. The van der Waals surface area contributed by atoms with Crippen LogP contribution in [0, 0.1) is 0 Å². The molecule has 2 atom stereocenters. The van der Waals surface area contributed by atoms with E-state index >= 15 is 0 Å². The normalized spacial score (nSPS) is 31.1. The molecular formula is C11H18F3N3O. The first-order valence-electron chi connectivity index (χ1n) is 6.20. The third kappa shape index (κ3) is 2.95. The average Bonchev–Trinajstić information content (AvgIpc) is 2.59. The molecule has 4 nitrogen and oxygen atoms in total. The summed E-state index contributed by atoms with van der Waals surface area (Å²) in [5, 5.41) is 3.21. The lowest BCUT2D eigenvalue weighted by Crippen LogP contribution is -2.56. The smallest absolute Gasteiger partial charge is 0.332 e.